The van der Waals surface area contributed by atoms with E-state index < -0.39 is 0 Å². The highest BCUT2D eigenvalue weighted by Crippen LogP contribution is 2.27. The number of benzene rings is 1. The predicted octanol–water partition coefficient (Wildman–Crippen LogP) is 0.912. The molecule has 5 aliphatic heterocycles. The average molecular weight is 490 g/mol. The second kappa shape index (κ2) is 9.25. The normalized spacial score (nSPS) is 26.6. The molecule has 0 saturated carbocycles. The highest BCUT2D eigenvalue weighted by Gasteiger charge is 2.31. The number of hydrazone groups is 1. The maximum absolute atomic E-state index is 13.0. The Morgan fingerprint density at radius 2 is 2.22 bits per heavy atom. The quantitative estimate of drug-likeness (QED) is 0.362. The molecule has 3 atom stereocenters. The molecule has 36 heavy (non-hydrogen) atoms. The summed E-state index contributed by atoms with van der Waals surface area (Å²) in [4.78, 5) is 27.1. The number of ether oxygens (including phenoxy) is 1. The van der Waals surface area contributed by atoms with E-state index in [0.29, 0.717) is 18.4 Å². The minimum Gasteiger partial charge on any atom is -0.459 e. The van der Waals surface area contributed by atoms with Gasteiger partial charge in [-0.1, -0.05) is 6.07 Å². The van der Waals surface area contributed by atoms with Crippen LogP contribution < -0.4 is 21.7 Å². The second-order valence-corrected chi connectivity index (χ2v) is 9.63. The molecule has 0 aliphatic carbocycles. The number of cyclic esters (lactones) is 1. The van der Waals surface area contributed by atoms with Gasteiger partial charge in [0.15, 0.2) is 6.20 Å². The van der Waals surface area contributed by atoms with Crippen LogP contribution >= 0.6 is 0 Å². The number of fused-ring (bicyclic) bond motifs is 2. The van der Waals surface area contributed by atoms with Gasteiger partial charge >= 0.3 is 11.9 Å². The van der Waals surface area contributed by atoms with E-state index in [1.54, 1.807) is 17.1 Å². The van der Waals surface area contributed by atoms with E-state index in [0.717, 1.165) is 41.9 Å². The summed E-state index contributed by atoms with van der Waals surface area (Å²) in [5.41, 5.74) is 10.1. The van der Waals surface area contributed by atoms with Crippen molar-refractivity contribution in [3.8, 4) is 0 Å². The van der Waals surface area contributed by atoms with Crippen LogP contribution in [0.1, 0.15) is 47.7 Å². The van der Waals surface area contributed by atoms with Crippen LogP contribution in [0.5, 0.6) is 0 Å². The number of esters is 1. The van der Waals surface area contributed by atoms with Crippen LogP contribution in [-0.2, 0) is 16.0 Å². The smallest absolute Gasteiger partial charge is 0.392 e. The maximum atomic E-state index is 13.0. The zero-order valence-electron chi connectivity index (χ0n) is 20.0. The third-order valence-electron chi connectivity index (χ3n) is 7.06. The van der Waals surface area contributed by atoms with E-state index in [9.17, 15) is 9.59 Å². The predicted molar refractivity (Wildman–Crippen MR) is 132 cm³/mol. The zero-order chi connectivity index (χ0) is 24.6. The molecule has 5 heterocycles. The first-order valence-corrected chi connectivity index (χ1v) is 12.2. The van der Waals surface area contributed by atoms with E-state index in [4.69, 9.17) is 4.74 Å². The van der Waals surface area contributed by atoms with Crippen LogP contribution in [0, 0.1) is 5.92 Å². The van der Waals surface area contributed by atoms with Crippen LogP contribution in [0.3, 0.4) is 0 Å². The van der Waals surface area contributed by atoms with E-state index in [1.165, 1.54) is 0 Å². The molecule has 11 heteroatoms. The molecule has 1 amide bonds. The van der Waals surface area contributed by atoms with Gasteiger partial charge < -0.3 is 15.0 Å². The SMILES string of the molecule is C[C@@H]1Cc2cc(C3=CN4C=C[N+](C(=O)CC5CCC(N6C=NNN6)NC5)=CC4=CN3)ccc2C(=O)O1. The number of piperidine rings is 1. The fraction of sp³-hybridized carbons (Fsp3) is 0.360. The highest BCUT2D eigenvalue weighted by molar-refractivity contribution is 5.93. The van der Waals surface area contributed by atoms with Crippen LogP contribution in [0.4, 0.5) is 0 Å². The molecule has 1 aromatic rings. The van der Waals surface area contributed by atoms with Crippen molar-refractivity contribution in [2.24, 2.45) is 11.0 Å². The first kappa shape index (κ1) is 22.5. The van der Waals surface area contributed by atoms with Crippen LogP contribution in [0.25, 0.3) is 5.70 Å². The van der Waals surface area contributed by atoms with E-state index in [1.807, 2.05) is 59.8 Å². The molecule has 6 rings (SSSR count). The number of hydrogen-bond donors (Lipinski definition) is 4. The standard InChI is InChI=1S/C25H28N8O3/c1-16-8-19-10-18(3-4-21(19)25(35)36-16)22-14-31-6-7-32(13-20(31)12-26-22)24(34)9-17-2-5-23(27-11-17)33-15-28-29-30-33/h3-4,6-7,10,12-17,23,27,29-30H,2,5,8-9,11H2,1H3/p+1/t16-,17?,23?/m1/s1. The Morgan fingerprint density at radius 3 is 3.03 bits per heavy atom. The number of nitrogens with zero attached hydrogens (tertiary/aromatic N) is 4. The molecule has 4 N–H and O–H groups in total. The van der Waals surface area contributed by atoms with Crippen molar-refractivity contribution in [2.75, 3.05) is 6.54 Å². The number of hydrazine groups is 2. The molecule has 2 unspecified atom stereocenters. The van der Waals surface area contributed by atoms with Crippen molar-refractivity contribution in [2.45, 2.75) is 44.9 Å². The van der Waals surface area contributed by atoms with Crippen molar-refractivity contribution in [3.63, 3.8) is 0 Å². The van der Waals surface area contributed by atoms with Gasteiger partial charge in [-0.2, -0.15) is 5.10 Å². The average Bonchev–Trinajstić information content (AvgIpc) is 3.43. The summed E-state index contributed by atoms with van der Waals surface area (Å²) in [6.45, 7) is 2.68. The third kappa shape index (κ3) is 4.38. The van der Waals surface area contributed by atoms with Gasteiger partial charge in [-0.3, -0.25) is 10.3 Å². The number of amides is 1. The number of rotatable bonds is 4. The lowest BCUT2D eigenvalue weighted by Crippen LogP contribution is -2.54. The van der Waals surface area contributed by atoms with Gasteiger partial charge in [0.1, 0.15) is 18.1 Å². The Bertz CT molecular complexity index is 1240. The third-order valence-corrected chi connectivity index (χ3v) is 7.06. The summed E-state index contributed by atoms with van der Waals surface area (Å²) >= 11 is 0. The van der Waals surface area contributed by atoms with Gasteiger partial charge in [-0.15, -0.1) is 10.1 Å². The maximum Gasteiger partial charge on any atom is 0.392 e. The molecule has 0 spiro atoms. The van der Waals surface area contributed by atoms with Crippen molar-refractivity contribution in [1.29, 1.82) is 0 Å². The van der Waals surface area contributed by atoms with Gasteiger partial charge in [-0.25, -0.2) is 15.1 Å². The molecule has 0 radical (unpaired) electrons. The summed E-state index contributed by atoms with van der Waals surface area (Å²) < 4.78 is 6.99. The fourth-order valence-corrected chi connectivity index (χ4v) is 5.11. The highest BCUT2D eigenvalue weighted by atomic mass is 16.5. The van der Waals surface area contributed by atoms with E-state index in [2.05, 4.69) is 26.8 Å². The van der Waals surface area contributed by atoms with Crippen LogP contribution in [0.15, 0.2) is 53.8 Å². The Labute approximate surface area is 208 Å². The molecule has 0 aromatic heterocycles. The van der Waals surface area contributed by atoms with Crippen molar-refractivity contribution in [1.82, 2.24) is 31.6 Å². The molecular formula is C25H29N8O3+. The Balaban J connectivity index is 1.08. The Morgan fingerprint density at radius 1 is 1.31 bits per heavy atom. The lowest BCUT2D eigenvalue weighted by molar-refractivity contribution is -0.380. The minimum atomic E-state index is -0.263. The van der Waals surface area contributed by atoms with E-state index >= 15 is 0 Å². The topological polar surface area (TPSA) is 113 Å². The largest absolute Gasteiger partial charge is 0.459 e. The fourth-order valence-electron chi connectivity index (χ4n) is 5.11. The molecular weight excluding hydrogens is 460 g/mol. The van der Waals surface area contributed by atoms with Crippen molar-refractivity contribution in [3.05, 3.63) is 65.4 Å². The van der Waals surface area contributed by atoms with Gasteiger partial charge in [0.2, 0.25) is 6.21 Å². The number of allylic oxidation sites excluding steroid dienone is 1. The number of hydrogen-bond acceptors (Lipinski definition) is 10. The molecule has 5 aliphatic rings. The lowest BCUT2D eigenvalue weighted by Gasteiger charge is -2.33. The minimum absolute atomic E-state index is 0.0741. The number of carbonyl (C=O) groups is 2. The zero-order valence-corrected chi connectivity index (χ0v) is 20.0. The first-order chi connectivity index (χ1) is 17.5. The first-order valence-electron chi connectivity index (χ1n) is 12.2. The Kier molecular flexibility index (Phi) is 5.78. The summed E-state index contributed by atoms with van der Waals surface area (Å²) in [5.74, 6) is 0.0978. The van der Waals surface area contributed by atoms with Crippen LogP contribution in [-0.4, -0.2) is 57.7 Å². The van der Waals surface area contributed by atoms with Gasteiger partial charge in [-0.05, 0) is 48.9 Å². The molecule has 1 saturated heterocycles. The summed E-state index contributed by atoms with van der Waals surface area (Å²) in [6, 6.07) is 5.80. The molecule has 186 valence electrons. The summed E-state index contributed by atoms with van der Waals surface area (Å²) in [5, 5.41) is 12.7. The van der Waals surface area contributed by atoms with Gasteiger partial charge in [0.05, 0.1) is 30.0 Å². The van der Waals surface area contributed by atoms with Crippen LogP contribution in [0.2, 0.25) is 0 Å². The second-order valence-electron chi connectivity index (χ2n) is 9.63. The monoisotopic (exact) mass is 489 g/mol. The van der Waals surface area contributed by atoms with Gasteiger partial charge in [0, 0.05) is 25.4 Å². The number of nitrogens with one attached hydrogen (secondary N) is 4. The molecule has 11 nitrogen and oxygen atoms in total. The molecule has 0 bridgehead atoms. The van der Waals surface area contributed by atoms with Crippen molar-refractivity contribution >= 4 is 30.1 Å². The van der Waals surface area contributed by atoms with E-state index in [-0.39, 0.29) is 30.1 Å². The number of carbonyl (C=O) groups excluding carboxylic acids is 2. The lowest BCUT2D eigenvalue weighted by atomic mass is 9.94. The van der Waals surface area contributed by atoms with Gasteiger partial charge in [0.25, 0.3) is 0 Å². The Hall–Kier alpha value is -3.96. The summed E-state index contributed by atoms with van der Waals surface area (Å²) in [7, 11) is 0. The van der Waals surface area contributed by atoms with Crippen molar-refractivity contribution < 1.29 is 18.9 Å². The molecule has 1 fully saturated rings. The summed E-state index contributed by atoms with van der Waals surface area (Å²) in [6.07, 6.45) is 14.3. The molecule has 1 aromatic carbocycles.